The third-order valence-electron chi connectivity index (χ3n) is 9.32. The summed E-state index contributed by atoms with van der Waals surface area (Å²) in [5, 5.41) is 11.7. The second kappa shape index (κ2) is 21.1. The summed E-state index contributed by atoms with van der Waals surface area (Å²) in [5.74, 6) is 1.96. The Morgan fingerprint density at radius 2 is 1.54 bits per heavy atom. The van der Waals surface area contributed by atoms with Gasteiger partial charge in [-0.1, -0.05) is 54.6 Å². The molecule has 290 valence electrons. The number of unbranched alkanes of at least 4 members (excludes halogenated alkanes) is 1. The smallest absolute Gasteiger partial charge is 0.294 e. The van der Waals surface area contributed by atoms with Crippen molar-refractivity contribution in [2.45, 2.75) is 57.0 Å². The summed E-state index contributed by atoms with van der Waals surface area (Å²) in [6, 6.07) is 27.8. The molecule has 3 atom stereocenters. The molecule has 54 heavy (non-hydrogen) atoms. The Labute approximate surface area is 316 Å². The molecule has 1 amide bonds. The van der Waals surface area contributed by atoms with Crippen LogP contribution in [-0.4, -0.2) is 89.1 Å². The van der Waals surface area contributed by atoms with Crippen molar-refractivity contribution in [2.75, 3.05) is 61.0 Å². The lowest BCUT2D eigenvalue weighted by atomic mass is 9.84. The molecule has 1 heterocycles. The summed E-state index contributed by atoms with van der Waals surface area (Å²) in [7, 11) is 4.86. The number of rotatable bonds is 22. The maximum Gasteiger partial charge on any atom is 0.294 e. The number of nitrogens with zero attached hydrogens (tertiary/aromatic N) is 2. The quantitative estimate of drug-likeness (QED) is 0.0367. The molecule has 0 spiro atoms. The lowest BCUT2D eigenvalue weighted by molar-refractivity contribution is -0.757. The molecule has 0 N–H and O–H groups in total. The number of benzene rings is 4. The van der Waals surface area contributed by atoms with Gasteiger partial charge in [0, 0.05) is 49.9 Å². The van der Waals surface area contributed by atoms with E-state index in [-0.39, 0.29) is 38.3 Å². The number of amides is 1. The van der Waals surface area contributed by atoms with Crippen LogP contribution in [0.3, 0.4) is 0 Å². The summed E-state index contributed by atoms with van der Waals surface area (Å²) in [5.41, 5.74) is 2.91. The summed E-state index contributed by atoms with van der Waals surface area (Å²) in [6.45, 7) is 2.42. The normalized spacial score (nSPS) is 16.9. The van der Waals surface area contributed by atoms with Crippen LogP contribution in [0.1, 0.15) is 48.3 Å². The van der Waals surface area contributed by atoms with Crippen LogP contribution in [0, 0.1) is 10.1 Å². The van der Waals surface area contributed by atoms with Crippen LogP contribution in [-0.2, 0) is 41.8 Å². The molecule has 0 bridgehead atoms. The molecule has 0 aliphatic carbocycles. The molecular formula is C41H50N2O11. The van der Waals surface area contributed by atoms with Gasteiger partial charge in [0.2, 0.25) is 5.91 Å². The van der Waals surface area contributed by atoms with Crippen LogP contribution in [0.25, 0.3) is 10.8 Å². The minimum absolute atomic E-state index is 0.0380. The van der Waals surface area contributed by atoms with Crippen molar-refractivity contribution < 1.29 is 47.9 Å². The fourth-order valence-corrected chi connectivity index (χ4v) is 6.68. The molecule has 3 unspecified atom stereocenters. The predicted octanol–water partition coefficient (Wildman–Crippen LogP) is 6.72. The van der Waals surface area contributed by atoms with Crippen molar-refractivity contribution in [2.24, 2.45) is 0 Å². The molecular weight excluding hydrogens is 696 g/mol. The van der Waals surface area contributed by atoms with E-state index in [1.165, 1.54) is 0 Å². The van der Waals surface area contributed by atoms with Crippen LogP contribution in [0.15, 0.2) is 84.9 Å². The summed E-state index contributed by atoms with van der Waals surface area (Å²) < 4.78 is 41.2. The van der Waals surface area contributed by atoms with E-state index in [0.717, 1.165) is 44.7 Å². The molecule has 0 radical (unpaired) electrons. The highest BCUT2D eigenvalue weighted by molar-refractivity contribution is 5.89. The van der Waals surface area contributed by atoms with Crippen LogP contribution in [0.5, 0.6) is 17.2 Å². The van der Waals surface area contributed by atoms with Gasteiger partial charge in [0.1, 0.15) is 24.0 Å². The van der Waals surface area contributed by atoms with E-state index in [1.807, 2.05) is 78.9 Å². The van der Waals surface area contributed by atoms with E-state index < -0.39 is 17.3 Å². The SMILES string of the molecule is COCOC1CN(C(=O)CCCCO[N+](=O)[O-])CC(OCc2cc(OC)c3ccccc3c2)C1c1ccc(OCCCOCc2ccccc2OC)cc1. The van der Waals surface area contributed by atoms with Crippen LogP contribution >= 0.6 is 0 Å². The van der Waals surface area contributed by atoms with Gasteiger partial charge in [-0.25, -0.2) is 0 Å². The standard InChI is InChI=1S/C41H50N2O11/c1-47-29-53-39-26-42(40(44)15-8-9-22-54-43(45)46)25-38(52-27-30-23-32-11-4-6-13-35(32)37(24-30)49-3)41(39)31-16-18-34(19-17-31)51-21-10-20-50-28-33-12-5-7-14-36(33)48-2/h4-7,11-14,16-19,23-24,38-39,41H,8-10,15,20-22,25-29H2,1-3H3. The first-order valence-electron chi connectivity index (χ1n) is 18.2. The van der Waals surface area contributed by atoms with Crippen LogP contribution in [0.2, 0.25) is 0 Å². The molecule has 5 rings (SSSR count). The highest BCUT2D eigenvalue weighted by Crippen LogP contribution is 2.36. The highest BCUT2D eigenvalue weighted by atomic mass is 16.9. The number of methoxy groups -OCH3 is 3. The maximum absolute atomic E-state index is 13.5. The molecule has 13 heteroatoms. The van der Waals surface area contributed by atoms with E-state index >= 15 is 0 Å². The molecule has 0 aromatic heterocycles. The van der Waals surface area contributed by atoms with E-state index in [4.69, 9.17) is 33.2 Å². The van der Waals surface area contributed by atoms with Gasteiger partial charge in [-0.2, -0.15) is 0 Å². The third-order valence-corrected chi connectivity index (χ3v) is 9.32. The first kappa shape index (κ1) is 40.2. The van der Waals surface area contributed by atoms with Gasteiger partial charge >= 0.3 is 0 Å². The molecule has 4 aromatic rings. The number of piperidine rings is 1. The largest absolute Gasteiger partial charge is 0.496 e. The van der Waals surface area contributed by atoms with Gasteiger partial charge in [-0.05, 0) is 59.7 Å². The van der Waals surface area contributed by atoms with Gasteiger partial charge in [-0.15, -0.1) is 10.1 Å². The van der Waals surface area contributed by atoms with Gasteiger partial charge in [0.05, 0.1) is 59.5 Å². The maximum atomic E-state index is 13.5. The van der Waals surface area contributed by atoms with Crippen molar-refractivity contribution in [3.63, 3.8) is 0 Å². The first-order valence-corrected chi connectivity index (χ1v) is 18.2. The van der Waals surface area contributed by atoms with Crippen molar-refractivity contribution in [3.8, 4) is 17.2 Å². The third kappa shape index (κ3) is 11.5. The molecule has 1 saturated heterocycles. The number of carbonyl (C=O) groups excluding carboxylic acids is 1. The molecule has 13 nitrogen and oxygen atoms in total. The van der Waals surface area contributed by atoms with Crippen molar-refractivity contribution in [1.82, 2.24) is 4.90 Å². The average Bonchev–Trinajstić information content (AvgIpc) is 3.20. The number of para-hydroxylation sites is 1. The van der Waals surface area contributed by atoms with E-state index in [1.54, 1.807) is 26.2 Å². The van der Waals surface area contributed by atoms with Gasteiger partial charge in [0.25, 0.3) is 5.09 Å². The predicted molar refractivity (Wildman–Crippen MR) is 201 cm³/mol. The van der Waals surface area contributed by atoms with Gasteiger partial charge in [0.15, 0.2) is 0 Å². The molecule has 4 aromatic carbocycles. The number of hydrogen-bond acceptors (Lipinski definition) is 11. The number of likely N-dealkylation sites (tertiary alicyclic amines) is 1. The zero-order valence-electron chi connectivity index (χ0n) is 31.2. The lowest BCUT2D eigenvalue weighted by Gasteiger charge is -2.43. The van der Waals surface area contributed by atoms with E-state index in [9.17, 15) is 14.9 Å². The molecule has 1 aliphatic rings. The van der Waals surface area contributed by atoms with Gasteiger partial charge < -0.3 is 42.9 Å². The van der Waals surface area contributed by atoms with Crippen LogP contribution in [0.4, 0.5) is 0 Å². The second-order valence-electron chi connectivity index (χ2n) is 13.0. The zero-order valence-corrected chi connectivity index (χ0v) is 31.2. The summed E-state index contributed by atoms with van der Waals surface area (Å²) >= 11 is 0. The van der Waals surface area contributed by atoms with Crippen molar-refractivity contribution >= 4 is 16.7 Å². The highest BCUT2D eigenvalue weighted by Gasteiger charge is 2.41. The fourth-order valence-electron chi connectivity index (χ4n) is 6.68. The Morgan fingerprint density at radius 1 is 0.796 bits per heavy atom. The molecule has 0 saturated carbocycles. The van der Waals surface area contributed by atoms with Crippen molar-refractivity contribution in [1.29, 1.82) is 0 Å². The van der Waals surface area contributed by atoms with E-state index in [0.29, 0.717) is 52.2 Å². The molecule has 1 fully saturated rings. The van der Waals surface area contributed by atoms with Crippen molar-refractivity contribution in [3.05, 3.63) is 112 Å². The summed E-state index contributed by atoms with van der Waals surface area (Å²) in [6.07, 6.45) is 0.897. The fraction of sp³-hybridized carbons (Fsp3) is 0.439. The Morgan fingerprint density at radius 3 is 2.30 bits per heavy atom. The van der Waals surface area contributed by atoms with Gasteiger partial charge in [-0.3, -0.25) is 4.79 Å². The second-order valence-corrected chi connectivity index (χ2v) is 13.0. The Hall–Kier alpha value is -4.95. The topological polar surface area (TPSA) is 137 Å². The average molecular weight is 747 g/mol. The minimum Gasteiger partial charge on any atom is -0.496 e. The number of fused-ring (bicyclic) bond motifs is 1. The Bertz CT molecular complexity index is 1770. The zero-order chi connectivity index (χ0) is 38.1. The van der Waals surface area contributed by atoms with Crippen LogP contribution < -0.4 is 14.2 Å². The van der Waals surface area contributed by atoms with E-state index in [2.05, 4.69) is 10.9 Å². The first-order chi connectivity index (χ1) is 26.4. The Balaban J connectivity index is 1.27. The monoisotopic (exact) mass is 746 g/mol. The number of hydrogen-bond donors (Lipinski definition) is 0. The lowest BCUT2D eigenvalue weighted by Crippen LogP contribution is -2.54. The summed E-state index contributed by atoms with van der Waals surface area (Å²) in [4.78, 5) is 30.2. The number of ether oxygens (including phenoxy) is 7. The number of carbonyl (C=O) groups is 1. The minimum atomic E-state index is -0.822. The Kier molecular flexibility index (Phi) is 15.7. The molecule has 1 aliphatic heterocycles.